The quantitative estimate of drug-likeness (QED) is 0.160. The summed E-state index contributed by atoms with van der Waals surface area (Å²) in [5.41, 5.74) is 22.7. The van der Waals surface area contributed by atoms with Gasteiger partial charge in [-0.15, -0.1) is 0 Å². The van der Waals surface area contributed by atoms with Crippen molar-refractivity contribution in [3.8, 4) is 62.1 Å². The van der Waals surface area contributed by atoms with Crippen molar-refractivity contribution in [3.05, 3.63) is 247 Å². The molecule has 0 aliphatic rings. The molecule has 0 saturated carbocycles. The largest absolute Gasteiger partial charge is 0.309 e. The van der Waals surface area contributed by atoms with E-state index in [0.29, 0.717) is 0 Å². The summed E-state index contributed by atoms with van der Waals surface area (Å²) in [5, 5.41) is 7.42. The Morgan fingerprint density at radius 1 is 0.274 bits per heavy atom. The van der Waals surface area contributed by atoms with Gasteiger partial charge in [0.15, 0.2) is 5.82 Å². The fourth-order valence-corrected chi connectivity index (χ4v) is 11.8. The van der Waals surface area contributed by atoms with E-state index in [2.05, 4.69) is 266 Å². The van der Waals surface area contributed by atoms with Crippen LogP contribution in [0.15, 0.2) is 224 Å². The van der Waals surface area contributed by atoms with Crippen LogP contribution in [0.1, 0.15) is 22.3 Å². The van der Waals surface area contributed by atoms with Crippen LogP contribution in [0.25, 0.3) is 128 Å². The first-order valence-electron chi connectivity index (χ1n) is 25.2. The molecule has 0 saturated heterocycles. The molecule has 0 aliphatic heterocycles. The van der Waals surface area contributed by atoms with Gasteiger partial charge in [0.2, 0.25) is 0 Å². The molecule has 0 unspecified atom stereocenters. The molecule has 73 heavy (non-hydrogen) atoms. The average molecular weight is 936 g/mol. The van der Waals surface area contributed by atoms with E-state index in [4.69, 9.17) is 9.97 Å². The van der Waals surface area contributed by atoms with Gasteiger partial charge >= 0.3 is 0 Å². The lowest BCUT2D eigenvalue weighted by atomic mass is 9.97. The Bertz CT molecular complexity index is 4180. The van der Waals surface area contributed by atoms with Gasteiger partial charge in [0.1, 0.15) is 0 Å². The van der Waals surface area contributed by atoms with Crippen molar-refractivity contribution in [3.63, 3.8) is 0 Å². The van der Waals surface area contributed by atoms with Crippen LogP contribution in [0.5, 0.6) is 0 Å². The second-order valence-corrected chi connectivity index (χ2v) is 19.6. The van der Waals surface area contributed by atoms with Gasteiger partial charge in [-0.25, -0.2) is 9.97 Å². The van der Waals surface area contributed by atoms with Crippen LogP contribution in [-0.4, -0.2) is 23.7 Å². The van der Waals surface area contributed by atoms with Crippen molar-refractivity contribution in [1.82, 2.24) is 23.7 Å². The third-order valence-electron chi connectivity index (χ3n) is 15.2. The van der Waals surface area contributed by atoms with Crippen LogP contribution in [0, 0.1) is 27.7 Å². The average Bonchev–Trinajstić information content (AvgIpc) is 4.06. The lowest BCUT2D eigenvalue weighted by molar-refractivity contribution is 1.12. The van der Waals surface area contributed by atoms with E-state index in [-0.39, 0.29) is 0 Å². The molecular formula is C68H49N5. The monoisotopic (exact) mass is 935 g/mol. The summed E-state index contributed by atoms with van der Waals surface area (Å²) in [6.07, 6.45) is 0. The number of rotatable bonds is 7. The Balaban J connectivity index is 0.916. The maximum atomic E-state index is 5.19. The van der Waals surface area contributed by atoms with E-state index in [0.717, 1.165) is 56.4 Å². The van der Waals surface area contributed by atoms with E-state index < -0.39 is 0 Å². The predicted octanol–water partition coefficient (Wildman–Crippen LogP) is 17.7. The molecule has 0 bridgehead atoms. The maximum Gasteiger partial charge on any atom is 0.160 e. The summed E-state index contributed by atoms with van der Waals surface area (Å²) in [6, 6.07) is 81.7. The third-order valence-corrected chi connectivity index (χ3v) is 15.2. The van der Waals surface area contributed by atoms with E-state index in [1.807, 2.05) is 0 Å². The van der Waals surface area contributed by atoms with Crippen LogP contribution in [0.4, 0.5) is 0 Å². The number of nitrogens with zero attached hydrogens (tertiary/aromatic N) is 5. The second-order valence-electron chi connectivity index (χ2n) is 19.6. The molecular weight excluding hydrogens is 887 g/mol. The van der Waals surface area contributed by atoms with E-state index in [9.17, 15) is 0 Å². The Labute approximate surface area is 423 Å². The van der Waals surface area contributed by atoms with Crippen molar-refractivity contribution in [2.24, 2.45) is 0 Å². The highest BCUT2D eigenvalue weighted by atomic mass is 15.0. The maximum absolute atomic E-state index is 5.19. The summed E-state index contributed by atoms with van der Waals surface area (Å²) in [5.74, 6) is 0.732. The molecule has 0 radical (unpaired) electrons. The SMILES string of the molecule is Cc1ccccc1-c1cc(-c2ccc(-c3cc(C)c(-n4c5ccc(-n6c7ccccc7c7ccccc76)cc5c5cc(-n6c7ccccc7c7ccccc76)ccc54)c(C)c3)cc2)nc(-c2ccccc2C)n1. The zero-order valence-corrected chi connectivity index (χ0v) is 41.1. The van der Waals surface area contributed by atoms with Crippen molar-refractivity contribution in [1.29, 1.82) is 0 Å². The molecule has 0 aliphatic carbocycles. The molecule has 4 aromatic heterocycles. The van der Waals surface area contributed by atoms with Crippen LogP contribution in [0.2, 0.25) is 0 Å². The van der Waals surface area contributed by atoms with Gasteiger partial charge in [0.05, 0.1) is 50.2 Å². The fourth-order valence-electron chi connectivity index (χ4n) is 11.8. The van der Waals surface area contributed by atoms with Gasteiger partial charge in [-0.2, -0.15) is 0 Å². The zero-order valence-electron chi connectivity index (χ0n) is 41.1. The molecule has 0 fully saturated rings. The zero-order chi connectivity index (χ0) is 48.9. The van der Waals surface area contributed by atoms with Gasteiger partial charge in [0, 0.05) is 60.4 Å². The van der Waals surface area contributed by atoms with Gasteiger partial charge in [-0.1, -0.05) is 146 Å². The summed E-state index contributed by atoms with van der Waals surface area (Å²) < 4.78 is 7.36. The minimum atomic E-state index is 0.732. The van der Waals surface area contributed by atoms with Crippen LogP contribution in [-0.2, 0) is 0 Å². The molecule has 14 aromatic rings. The number of hydrogen-bond donors (Lipinski definition) is 0. The molecule has 14 rings (SSSR count). The van der Waals surface area contributed by atoms with E-state index in [1.54, 1.807) is 0 Å². The van der Waals surface area contributed by atoms with Crippen LogP contribution in [0.3, 0.4) is 0 Å². The number of fused-ring (bicyclic) bond motifs is 9. The highest BCUT2D eigenvalue weighted by molar-refractivity contribution is 6.14. The van der Waals surface area contributed by atoms with E-state index in [1.165, 1.54) is 93.4 Å². The highest BCUT2D eigenvalue weighted by Gasteiger charge is 2.21. The second kappa shape index (κ2) is 16.6. The van der Waals surface area contributed by atoms with Crippen molar-refractivity contribution < 1.29 is 0 Å². The Morgan fingerprint density at radius 2 is 0.671 bits per heavy atom. The molecule has 5 heteroatoms. The topological polar surface area (TPSA) is 40.6 Å². The predicted molar refractivity (Wildman–Crippen MR) is 306 cm³/mol. The molecule has 346 valence electrons. The van der Waals surface area contributed by atoms with Gasteiger partial charge in [-0.3, -0.25) is 0 Å². The Kier molecular flexibility index (Phi) is 9.70. The lowest BCUT2D eigenvalue weighted by Crippen LogP contribution is -2.01. The molecule has 10 aromatic carbocycles. The molecule has 5 nitrogen and oxygen atoms in total. The summed E-state index contributed by atoms with van der Waals surface area (Å²) in [4.78, 5) is 10.3. The standard InChI is InChI=1S/C68H49N5/c1-42-17-5-7-19-51(42)60-41-59(69-68(70-60)52-20-8-6-18-43(52)2)47-31-29-46(30-32-47)48-37-44(3)67(45(4)38-48)73-65-35-33-49(71-61-25-13-9-21-53(61)54-22-10-14-26-62(54)71)39-57(65)58-40-50(34-36-66(58)73)72-63-27-15-11-23-55(63)56-24-12-16-28-64(56)72/h5-41H,1-4H3. The molecule has 0 atom stereocenters. The van der Waals surface area contributed by atoms with Crippen LogP contribution >= 0.6 is 0 Å². The first-order valence-corrected chi connectivity index (χ1v) is 25.2. The number of hydrogen-bond acceptors (Lipinski definition) is 2. The first kappa shape index (κ1) is 42.5. The smallest absolute Gasteiger partial charge is 0.160 e. The first-order chi connectivity index (χ1) is 35.9. The minimum Gasteiger partial charge on any atom is -0.309 e. The van der Waals surface area contributed by atoms with Gasteiger partial charge in [-0.05, 0) is 140 Å². The minimum absolute atomic E-state index is 0.732. The number of benzene rings is 10. The molecule has 4 heterocycles. The van der Waals surface area contributed by atoms with E-state index >= 15 is 0 Å². The third kappa shape index (κ3) is 6.77. The normalized spacial score (nSPS) is 11.8. The number of aryl methyl sites for hydroxylation is 4. The summed E-state index contributed by atoms with van der Waals surface area (Å²) >= 11 is 0. The fraction of sp³-hybridized carbons (Fsp3) is 0.0588. The van der Waals surface area contributed by atoms with Gasteiger partial charge in [0.25, 0.3) is 0 Å². The Hall–Kier alpha value is -9.32. The van der Waals surface area contributed by atoms with Crippen molar-refractivity contribution >= 4 is 65.4 Å². The highest BCUT2D eigenvalue weighted by Crippen LogP contribution is 2.42. The molecule has 0 spiro atoms. The van der Waals surface area contributed by atoms with Crippen molar-refractivity contribution in [2.75, 3.05) is 0 Å². The summed E-state index contributed by atoms with van der Waals surface area (Å²) in [6.45, 7) is 8.79. The Morgan fingerprint density at radius 3 is 1.15 bits per heavy atom. The van der Waals surface area contributed by atoms with Crippen molar-refractivity contribution in [2.45, 2.75) is 27.7 Å². The van der Waals surface area contributed by atoms with Gasteiger partial charge < -0.3 is 13.7 Å². The number of para-hydroxylation sites is 4. The lowest BCUT2D eigenvalue weighted by Gasteiger charge is -2.17. The number of aromatic nitrogens is 5. The van der Waals surface area contributed by atoms with Crippen LogP contribution < -0.4 is 0 Å². The molecule has 0 amide bonds. The summed E-state index contributed by atoms with van der Waals surface area (Å²) in [7, 11) is 0. The molecule has 0 N–H and O–H groups in total.